The van der Waals surface area contributed by atoms with E-state index in [-0.39, 0.29) is 24.3 Å². The topological polar surface area (TPSA) is 63.0 Å². The number of carbonyl (C=O) groups excluding carboxylic acids is 2. The van der Waals surface area contributed by atoms with Crippen LogP contribution in [0.2, 0.25) is 0 Å². The predicted octanol–water partition coefficient (Wildman–Crippen LogP) is 4.52. The maximum atomic E-state index is 13.5. The van der Waals surface area contributed by atoms with Crippen molar-refractivity contribution >= 4 is 11.8 Å². The Kier molecular flexibility index (Phi) is 9.92. The number of furan rings is 1. The summed E-state index contributed by atoms with van der Waals surface area (Å²) in [7, 11) is 1.60. The quantitative estimate of drug-likeness (QED) is 0.375. The summed E-state index contributed by atoms with van der Waals surface area (Å²) in [6.07, 6.45) is 2.99. The van der Waals surface area contributed by atoms with Crippen LogP contribution in [0.5, 0.6) is 0 Å². The van der Waals surface area contributed by atoms with Crippen LogP contribution in [-0.2, 0) is 27.3 Å². The molecule has 0 fully saturated rings. The van der Waals surface area contributed by atoms with Gasteiger partial charge in [0.25, 0.3) is 0 Å². The van der Waals surface area contributed by atoms with E-state index in [1.807, 2.05) is 67.6 Å². The van der Waals surface area contributed by atoms with Crippen LogP contribution in [0, 0.1) is 0 Å². The Morgan fingerprint density at radius 2 is 1.62 bits per heavy atom. The minimum Gasteiger partial charge on any atom is -0.467 e. The minimum absolute atomic E-state index is 0.00102. The molecule has 0 spiro atoms. The van der Waals surface area contributed by atoms with E-state index in [0.29, 0.717) is 38.4 Å². The van der Waals surface area contributed by atoms with Gasteiger partial charge in [-0.15, -0.1) is 0 Å². The zero-order valence-corrected chi connectivity index (χ0v) is 20.1. The second-order valence-electron chi connectivity index (χ2n) is 8.25. The van der Waals surface area contributed by atoms with E-state index in [1.54, 1.807) is 23.2 Å². The van der Waals surface area contributed by atoms with Crippen molar-refractivity contribution in [1.82, 2.24) is 9.80 Å². The normalized spacial score (nSPS) is 11.7. The molecule has 1 heterocycles. The first-order valence-corrected chi connectivity index (χ1v) is 11.8. The molecule has 3 rings (SSSR count). The lowest BCUT2D eigenvalue weighted by molar-refractivity contribution is -0.142. The Bertz CT molecular complexity index is 990. The number of carbonyl (C=O) groups is 2. The van der Waals surface area contributed by atoms with Crippen molar-refractivity contribution in [3.63, 3.8) is 0 Å². The van der Waals surface area contributed by atoms with E-state index in [9.17, 15) is 9.59 Å². The van der Waals surface area contributed by atoms with Gasteiger partial charge < -0.3 is 19.0 Å². The van der Waals surface area contributed by atoms with Crippen molar-refractivity contribution in [2.75, 3.05) is 33.4 Å². The van der Waals surface area contributed by atoms with Gasteiger partial charge in [0.15, 0.2) is 0 Å². The van der Waals surface area contributed by atoms with E-state index in [2.05, 4.69) is 12.1 Å². The summed E-state index contributed by atoms with van der Waals surface area (Å²) in [6, 6.07) is 23.5. The molecule has 6 nitrogen and oxygen atoms in total. The van der Waals surface area contributed by atoms with E-state index < -0.39 is 0 Å². The summed E-state index contributed by atoms with van der Waals surface area (Å²) in [4.78, 5) is 30.4. The molecule has 0 saturated carbocycles. The van der Waals surface area contributed by atoms with Crippen LogP contribution in [0.1, 0.15) is 36.1 Å². The average Bonchev–Trinajstić information content (AvgIpc) is 3.39. The first kappa shape index (κ1) is 25.2. The van der Waals surface area contributed by atoms with Crippen LogP contribution in [0.25, 0.3) is 0 Å². The smallest absolute Gasteiger partial charge is 0.242 e. The van der Waals surface area contributed by atoms with E-state index >= 15 is 0 Å². The standard InChI is InChI=1S/C28H34N2O4/c1-3-26(24-13-8-5-9-14-24)28(32)30(18-20-33-2)22-27(31)29(21-25-15-10-19-34-25)17-16-23-11-6-4-7-12-23/h4-15,19,26H,3,16-18,20-22H2,1-2H3. The monoisotopic (exact) mass is 462 g/mol. The minimum atomic E-state index is -0.298. The van der Waals surface area contributed by atoms with Crippen LogP contribution in [0.3, 0.4) is 0 Å². The molecular formula is C28H34N2O4. The molecule has 3 aromatic rings. The summed E-state index contributed by atoms with van der Waals surface area (Å²) < 4.78 is 10.7. The van der Waals surface area contributed by atoms with Crippen LogP contribution < -0.4 is 0 Å². The Labute approximate surface area is 202 Å². The number of amides is 2. The van der Waals surface area contributed by atoms with Gasteiger partial charge >= 0.3 is 0 Å². The highest BCUT2D eigenvalue weighted by molar-refractivity contribution is 5.88. The van der Waals surface area contributed by atoms with Gasteiger partial charge in [-0.1, -0.05) is 67.6 Å². The Balaban J connectivity index is 1.75. The number of nitrogens with zero attached hydrogens (tertiary/aromatic N) is 2. The lowest BCUT2D eigenvalue weighted by atomic mass is 9.95. The maximum absolute atomic E-state index is 13.5. The number of hydrogen-bond donors (Lipinski definition) is 0. The van der Waals surface area contributed by atoms with Crippen molar-refractivity contribution in [3.8, 4) is 0 Å². The molecule has 2 amide bonds. The summed E-state index contributed by atoms with van der Waals surface area (Å²) in [5.74, 6) is 0.250. The fourth-order valence-corrected chi connectivity index (χ4v) is 3.98. The zero-order chi connectivity index (χ0) is 24.2. The molecule has 0 radical (unpaired) electrons. The molecule has 0 saturated heterocycles. The van der Waals surface area contributed by atoms with Crippen molar-refractivity contribution in [3.05, 3.63) is 95.9 Å². The lowest BCUT2D eigenvalue weighted by Gasteiger charge is -2.30. The summed E-state index contributed by atoms with van der Waals surface area (Å²) in [5, 5.41) is 0. The van der Waals surface area contributed by atoms with Crippen LogP contribution in [-0.4, -0.2) is 55.0 Å². The first-order chi connectivity index (χ1) is 16.6. The van der Waals surface area contributed by atoms with Gasteiger partial charge in [-0.3, -0.25) is 9.59 Å². The Hall–Kier alpha value is -3.38. The van der Waals surface area contributed by atoms with Gasteiger partial charge in [-0.2, -0.15) is 0 Å². The van der Waals surface area contributed by atoms with Gasteiger partial charge in [0.1, 0.15) is 5.76 Å². The molecule has 0 aliphatic carbocycles. The molecule has 180 valence electrons. The van der Waals surface area contributed by atoms with Crippen molar-refractivity contribution in [2.24, 2.45) is 0 Å². The van der Waals surface area contributed by atoms with E-state index in [4.69, 9.17) is 9.15 Å². The van der Waals surface area contributed by atoms with Gasteiger partial charge in [0.2, 0.25) is 11.8 Å². The number of ether oxygens (including phenoxy) is 1. The van der Waals surface area contributed by atoms with Crippen molar-refractivity contribution < 1.29 is 18.7 Å². The highest BCUT2D eigenvalue weighted by Gasteiger charge is 2.27. The highest BCUT2D eigenvalue weighted by Crippen LogP contribution is 2.22. The summed E-state index contributed by atoms with van der Waals surface area (Å²) in [5.41, 5.74) is 2.11. The van der Waals surface area contributed by atoms with Gasteiger partial charge in [0, 0.05) is 20.2 Å². The average molecular weight is 463 g/mol. The molecule has 0 N–H and O–H groups in total. The van der Waals surface area contributed by atoms with Gasteiger partial charge in [-0.05, 0) is 36.1 Å². The molecule has 1 unspecified atom stereocenters. The molecule has 0 aliphatic rings. The molecule has 1 aromatic heterocycles. The van der Waals surface area contributed by atoms with Crippen LogP contribution in [0.15, 0.2) is 83.5 Å². The van der Waals surface area contributed by atoms with Crippen molar-refractivity contribution in [1.29, 1.82) is 0 Å². The second-order valence-corrected chi connectivity index (χ2v) is 8.25. The largest absolute Gasteiger partial charge is 0.467 e. The molecule has 34 heavy (non-hydrogen) atoms. The fourth-order valence-electron chi connectivity index (χ4n) is 3.98. The third kappa shape index (κ3) is 7.32. The van der Waals surface area contributed by atoms with Gasteiger partial charge in [-0.25, -0.2) is 0 Å². The predicted molar refractivity (Wildman–Crippen MR) is 132 cm³/mol. The molecule has 6 heteroatoms. The maximum Gasteiger partial charge on any atom is 0.242 e. The van der Waals surface area contributed by atoms with Crippen LogP contribution in [0.4, 0.5) is 0 Å². The highest BCUT2D eigenvalue weighted by atomic mass is 16.5. The molecule has 1 atom stereocenters. The zero-order valence-electron chi connectivity index (χ0n) is 20.1. The SMILES string of the molecule is CCC(C(=O)N(CCOC)CC(=O)N(CCc1ccccc1)Cc1ccco1)c1ccccc1. The van der Waals surface area contributed by atoms with E-state index in [1.165, 1.54) is 0 Å². The third-order valence-corrected chi connectivity index (χ3v) is 5.90. The first-order valence-electron chi connectivity index (χ1n) is 11.8. The molecular weight excluding hydrogens is 428 g/mol. The number of benzene rings is 2. The second kappa shape index (κ2) is 13.4. The number of rotatable bonds is 13. The Morgan fingerprint density at radius 3 is 2.24 bits per heavy atom. The van der Waals surface area contributed by atoms with E-state index in [0.717, 1.165) is 17.5 Å². The number of hydrogen-bond acceptors (Lipinski definition) is 4. The van der Waals surface area contributed by atoms with Gasteiger partial charge in [0.05, 0.1) is 31.9 Å². The summed E-state index contributed by atoms with van der Waals surface area (Å²) >= 11 is 0. The number of methoxy groups -OCH3 is 1. The Morgan fingerprint density at radius 1 is 0.912 bits per heavy atom. The summed E-state index contributed by atoms with van der Waals surface area (Å²) in [6.45, 7) is 3.62. The van der Waals surface area contributed by atoms with Crippen LogP contribution >= 0.6 is 0 Å². The molecule has 0 bridgehead atoms. The lowest BCUT2D eigenvalue weighted by Crippen LogP contribution is -2.46. The third-order valence-electron chi connectivity index (χ3n) is 5.90. The molecule has 0 aliphatic heterocycles. The van der Waals surface area contributed by atoms with Crippen molar-refractivity contribution in [2.45, 2.75) is 32.2 Å². The fraction of sp³-hybridized carbons (Fsp3) is 0.357. The molecule has 2 aromatic carbocycles.